The first-order valence-electron chi connectivity index (χ1n) is 9.95. The van der Waals surface area contributed by atoms with Crippen molar-refractivity contribution in [3.63, 3.8) is 0 Å². The molecule has 3 aromatic rings. The molecule has 0 saturated heterocycles. The summed E-state index contributed by atoms with van der Waals surface area (Å²) in [4.78, 5) is 20.1. The quantitative estimate of drug-likeness (QED) is 0.399. The number of ether oxygens (including phenoxy) is 2. The number of carbonyl (C=O) groups is 1. The monoisotopic (exact) mass is 501 g/mol. The molecule has 1 heterocycles. The van der Waals surface area contributed by atoms with E-state index in [9.17, 15) is 13.2 Å². The molecule has 0 bridgehead atoms. The first-order chi connectivity index (χ1) is 16.2. The Hall–Kier alpha value is -3.77. The summed E-state index contributed by atoms with van der Waals surface area (Å²) in [6.45, 7) is 1.93. The van der Waals surface area contributed by atoms with Crippen LogP contribution in [-0.4, -0.2) is 43.6 Å². The molecule has 0 aliphatic carbocycles. The Balaban J connectivity index is 1.62. The van der Waals surface area contributed by atoms with Crippen LogP contribution in [0.3, 0.4) is 0 Å². The molecule has 0 atom stereocenters. The number of nitrogens with zero attached hydrogens (tertiary/aromatic N) is 2. The number of amides is 1. The molecule has 1 aromatic heterocycles. The van der Waals surface area contributed by atoms with Crippen molar-refractivity contribution >= 4 is 44.8 Å². The smallest absolute Gasteiger partial charge is 0.321 e. The van der Waals surface area contributed by atoms with Crippen LogP contribution in [0.25, 0.3) is 0 Å². The summed E-state index contributed by atoms with van der Waals surface area (Å²) < 4.78 is 37.8. The molecule has 34 heavy (non-hydrogen) atoms. The Labute approximate surface area is 202 Å². The largest absolute Gasteiger partial charge is 0.481 e. The minimum atomic E-state index is -3.95. The summed E-state index contributed by atoms with van der Waals surface area (Å²) in [6.07, 6.45) is 0.190. The van der Waals surface area contributed by atoms with Gasteiger partial charge in [-0.1, -0.05) is 24.3 Å². The maximum absolute atomic E-state index is 12.7. The van der Waals surface area contributed by atoms with Gasteiger partial charge in [-0.2, -0.15) is 9.97 Å². The van der Waals surface area contributed by atoms with Gasteiger partial charge in [0.15, 0.2) is 10.9 Å². The Kier molecular flexibility index (Phi) is 7.97. The summed E-state index contributed by atoms with van der Waals surface area (Å²) in [6, 6.07) is 14.7. The standard InChI is InChI=1S/C22H23N5O5S2/c1-14-6-4-5-7-15(14)12-19(28)25-22(33)23-16-8-10-17(11-9-16)34(29,30)27-18-13-20(31-2)26-21(24-18)32-3/h4-11,13H,12H2,1-3H3,(H,24,26,27)(H2,23,25,28,33). The third kappa shape index (κ3) is 6.62. The molecule has 0 saturated carbocycles. The second kappa shape index (κ2) is 10.9. The molecule has 178 valence electrons. The van der Waals surface area contributed by atoms with Crippen LogP contribution in [0.5, 0.6) is 11.9 Å². The second-order valence-electron chi connectivity index (χ2n) is 7.02. The molecular formula is C22H23N5O5S2. The van der Waals surface area contributed by atoms with Crippen LogP contribution in [0.15, 0.2) is 59.5 Å². The number of aryl methyl sites for hydroxylation is 1. The minimum absolute atomic E-state index is 0.0101. The minimum Gasteiger partial charge on any atom is -0.481 e. The summed E-state index contributed by atoms with van der Waals surface area (Å²) in [5, 5.41) is 5.58. The van der Waals surface area contributed by atoms with Crippen LogP contribution in [-0.2, 0) is 21.2 Å². The number of carbonyl (C=O) groups excluding carboxylic acids is 1. The van der Waals surface area contributed by atoms with Gasteiger partial charge in [0.25, 0.3) is 10.0 Å². The van der Waals surface area contributed by atoms with Crippen molar-refractivity contribution in [1.82, 2.24) is 15.3 Å². The Morgan fingerprint density at radius 2 is 1.74 bits per heavy atom. The van der Waals surface area contributed by atoms with Crippen LogP contribution in [0.2, 0.25) is 0 Å². The van der Waals surface area contributed by atoms with E-state index in [1.807, 2.05) is 31.2 Å². The molecule has 0 aliphatic heterocycles. The predicted octanol–water partition coefficient (Wildman–Crippen LogP) is 2.66. The summed E-state index contributed by atoms with van der Waals surface area (Å²) in [5.74, 6) is -0.128. The molecule has 1 amide bonds. The zero-order valence-electron chi connectivity index (χ0n) is 18.7. The van der Waals surface area contributed by atoms with E-state index in [1.54, 1.807) is 0 Å². The number of anilines is 2. The molecule has 12 heteroatoms. The van der Waals surface area contributed by atoms with E-state index in [2.05, 4.69) is 25.3 Å². The summed E-state index contributed by atoms with van der Waals surface area (Å²) in [7, 11) is -1.20. The molecule has 10 nitrogen and oxygen atoms in total. The van der Waals surface area contributed by atoms with E-state index in [-0.39, 0.29) is 40.0 Å². The number of hydrogen-bond donors (Lipinski definition) is 3. The molecule has 0 aliphatic rings. The normalized spacial score (nSPS) is 10.8. The highest BCUT2D eigenvalue weighted by Gasteiger charge is 2.17. The molecule has 2 aromatic carbocycles. The van der Waals surface area contributed by atoms with Crippen molar-refractivity contribution in [3.05, 3.63) is 65.7 Å². The zero-order chi connectivity index (χ0) is 24.7. The van der Waals surface area contributed by atoms with Crippen LogP contribution < -0.4 is 24.8 Å². The van der Waals surface area contributed by atoms with Gasteiger partial charge in [0.05, 0.1) is 25.5 Å². The molecule has 0 spiro atoms. The average molecular weight is 502 g/mol. The fourth-order valence-electron chi connectivity index (χ4n) is 2.88. The van der Waals surface area contributed by atoms with Gasteiger partial charge in [-0.15, -0.1) is 0 Å². The van der Waals surface area contributed by atoms with E-state index in [1.165, 1.54) is 44.6 Å². The van der Waals surface area contributed by atoms with Crippen molar-refractivity contribution < 1.29 is 22.7 Å². The lowest BCUT2D eigenvalue weighted by Gasteiger charge is -2.12. The zero-order valence-corrected chi connectivity index (χ0v) is 20.3. The Bertz CT molecular complexity index is 1280. The van der Waals surface area contributed by atoms with Crippen molar-refractivity contribution in [2.75, 3.05) is 24.3 Å². The van der Waals surface area contributed by atoms with Crippen LogP contribution in [0.4, 0.5) is 11.5 Å². The van der Waals surface area contributed by atoms with Crippen molar-refractivity contribution in [1.29, 1.82) is 0 Å². The van der Waals surface area contributed by atoms with Crippen molar-refractivity contribution in [2.24, 2.45) is 0 Å². The van der Waals surface area contributed by atoms with Crippen LogP contribution in [0.1, 0.15) is 11.1 Å². The number of benzene rings is 2. The number of thiocarbonyl (C=S) groups is 1. The lowest BCUT2D eigenvalue weighted by atomic mass is 10.1. The first kappa shape index (κ1) is 24.9. The number of sulfonamides is 1. The van der Waals surface area contributed by atoms with Gasteiger partial charge < -0.3 is 20.1 Å². The number of nitrogens with one attached hydrogen (secondary N) is 3. The SMILES string of the molecule is COc1cc(NS(=O)(=O)c2ccc(NC(=S)NC(=O)Cc3ccccc3C)cc2)nc(OC)n1. The molecule has 3 N–H and O–H groups in total. The van der Waals surface area contributed by atoms with Crippen LogP contribution >= 0.6 is 12.2 Å². The highest BCUT2D eigenvalue weighted by Crippen LogP contribution is 2.21. The Morgan fingerprint density at radius 1 is 1.03 bits per heavy atom. The van der Waals surface area contributed by atoms with Gasteiger partial charge in [0.1, 0.15) is 0 Å². The molecule has 0 fully saturated rings. The topological polar surface area (TPSA) is 132 Å². The molecule has 0 radical (unpaired) electrons. The number of rotatable bonds is 8. The first-order valence-corrected chi connectivity index (χ1v) is 11.8. The molecular weight excluding hydrogens is 478 g/mol. The van der Waals surface area contributed by atoms with Gasteiger partial charge in [0, 0.05) is 11.8 Å². The van der Waals surface area contributed by atoms with Gasteiger partial charge >= 0.3 is 6.01 Å². The lowest BCUT2D eigenvalue weighted by Crippen LogP contribution is -2.35. The fourth-order valence-corrected chi connectivity index (χ4v) is 4.10. The second-order valence-corrected chi connectivity index (χ2v) is 9.11. The number of hydrogen-bond acceptors (Lipinski definition) is 8. The predicted molar refractivity (Wildman–Crippen MR) is 132 cm³/mol. The fraction of sp³-hybridized carbons (Fsp3) is 0.182. The van der Waals surface area contributed by atoms with Gasteiger partial charge in [-0.25, -0.2) is 8.42 Å². The van der Waals surface area contributed by atoms with E-state index < -0.39 is 10.0 Å². The highest BCUT2D eigenvalue weighted by molar-refractivity contribution is 7.92. The molecule has 0 unspecified atom stereocenters. The highest BCUT2D eigenvalue weighted by atomic mass is 32.2. The van der Waals surface area contributed by atoms with E-state index >= 15 is 0 Å². The van der Waals surface area contributed by atoms with Gasteiger partial charge in [0.2, 0.25) is 11.8 Å². The van der Waals surface area contributed by atoms with Crippen molar-refractivity contribution in [3.8, 4) is 11.9 Å². The van der Waals surface area contributed by atoms with Crippen molar-refractivity contribution in [2.45, 2.75) is 18.2 Å². The van der Waals surface area contributed by atoms with Crippen LogP contribution in [0, 0.1) is 6.92 Å². The van der Waals surface area contributed by atoms with E-state index in [0.29, 0.717) is 5.69 Å². The Morgan fingerprint density at radius 3 is 2.38 bits per heavy atom. The summed E-state index contributed by atoms with van der Waals surface area (Å²) >= 11 is 5.19. The third-order valence-corrected chi connectivity index (χ3v) is 6.18. The van der Waals surface area contributed by atoms with E-state index in [4.69, 9.17) is 21.7 Å². The van der Waals surface area contributed by atoms with Gasteiger partial charge in [-0.05, 0) is 54.5 Å². The molecule has 3 rings (SSSR count). The summed E-state index contributed by atoms with van der Waals surface area (Å²) in [5.41, 5.74) is 2.43. The maximum atomic E-state index is 12.7. The lowest BCUT2D eigenvalue weighted by molar-refractivity contribution is -0.119. The maximum Gasteiger partial charge on any atom is 0.321 e. The number of methoxy groups -OCH3 is 2. The average Bonchev–Trinajstić information content (AvgIpc) is 2.80. The van der Waals surface area contributed by atoms with Gasteiger partial charge in [-0.3, -0.25) is 9.52 Å². The third-order valence-electron chi connectivity index (χ3n) is 4.60. The van der Waals surface area contributed by atoms with E-state index in [0.717, 1.165) is 11.1 Å². The number of aromatic nitrogens is 2.